The normalized spacial score (nSPS) is 18.7. The molecule has 1 saturated carbocycles. The van der Waals surface area contributed by atoms with Crippen LogP contribution in [0.4, 0.5) is 0 Å². The maximum absolute atomic E-state index is 12.3. The summed E-state index contributed by atoms with van der Waals surface area (Å²) in [7, 11) is 0.520. The summed E-state index contributed by atoms with van der Waals surface area (Å²) in [6, 6.07) is 7.01. The van der Waals surface area contributed by atoms with Crippen LogP contribution in [0.2, 0.25) is 0 Å². The first-order chi connectivity index (χ1) is 9.61. The van der Waals surface area contributed by atoms with Crippen molar-refractivity contribution in [3.8, 4) is 5.75 Å². The second kappa shape index (κ2) is 7.02. The standard InChI is InChI=1S/C16H22O3S/c1-12(20(18)11-13-5-3-4-6-13)16(17)14-7-9-15(19-2)10-8-14/h7-10,12-13H,3-6,11H2,1-2H3. The molecule has 1 aliphatic rings. The van der Waals surface area contributed by atoms with Gasteiger partial charge in [0, 0.05) is 22.1 Å². The van der Waals surface area contributed by atoms with Gasteiger partial charge in [0.05, 0.1) is 12.4 Å². The summed E-state index contributed by atoms with van der Waals surface area (Å²) in [5.74, 6) is 1.90. The fourth-order valence-corrected chi connectivity index (χ4v) is 4.12. The number of benzene rings is 1. The third kappa shape index (κ3) is 3.69. The van der Waals surface area contributed by atoms with Gasteiger partial charge < -0.3 is 4.74 Å². The van der Waals surface area contributed by atoms with Gasteiger partial charge in [-0.25, -0.2) is 0 Å². The average molecular weight is 294 g/mol. The number of rotatable bonds is 6. The first kappa shape index (κ1) is 15.2. The fourth-order valence-electron chi connectivity index (χ4n) is 2.66. The molecule has 0 N–H and O–H groups in total. The number of hydrogen-bond acceptors (Lipinski definition) is 3. The van der Waals surface area contributed by atoms with E-state index in [9.17, 15) is 9.00 Å². The van der Waals surface area contributed by atoms with E-state index in [0.29, 0.717) is 17.2 Å². The summed E-state index contributed by atoms with van der Waals surface area (Å²) in [5, 5.41) is -0.427. The van der Waals surface area contributed by atoms with E-state index >= 15 is 0 Å². The highest BCUT2D eigenvalue weighted by Gasteiger charge is 2.25. The summed E-state index contributed by atoms with van der Waals surface area (Å²) < 4.78 is 17.4. The Bertz CT molecular complexity index is 475. The Morgan fingerprint density at radius 3 is 2.45 bits per heavy atom. The van der Waals surface area contributed by atoms with Crippen molar-refractivity contribution in [2.75, 3.05) is 12.9 Å². The van der Waals surface area contributed by atoms with Crippen molar-refractivity contribution in [1.82, 2.24) is 0 Å². The van der Waals surface area contributed by atoms with E-state index in [1.807, 2.05) is 0 Å². The molecule has 20 heavy (non-hydrogen) atoms. The van der Waals surface area contributed by atoms with Crippen LogP contribution in [0, 0.1) is 5.92 Å². The highest BCUT2D eigenvalue weighted by atomic mass is 32.2. The van der Waals surface area contributed by atoms with Crippen molar-refractivity contribution in [2.24, 2.45) is 5.92 Å². The van der Waals surface area contributed by atoms with E-state index in [-0.39, 0.29) is 5.78 Å². The molecule has 2 rings (SSSR count). The minimum Gasteiger partial charge on any atom is -0.497 e. The highest BCUT2D eigenvalue weighted by Crippen LogP contribution is 2.26. The Labute approximate surface area is 123 Å². The van der Waals surface area contributed by atoms with Crippen molar-refractivity contribution in [3.63, 3.8) is 0 Å². The predicted octanol–water partition coefficient (Wildman–Crippen LogP) is 3.21. The van der Waals surface area contributed by atoms with E-state index in [4.69, 9.17) is 4.74 Å². The number of ketones is 1. The zero-order valence-electron chi connectivity index (χ0n) is 12.1. The fraction of sp³-hybridized carbons (Fsp3) is 0.562. The molecule has 0 spiro atoms. The number of carbonyl (C=O) groups excluding carboxylic acids is 1. The predicted molar refractivity (Wildman–Crippen MR) is 81.8 cm³/mol. The number of hydrogen-bond donors (Lipinski definition) is 0. The summed E-state index contributed by atoms with van der Waals surface area (Å²) in [4.78, 5) is 12.3. The van der Waals surface area contributed by atoms with Crippen molar-refractivity contribution < 1.29 is 13.7 Å². The second-order valence-corrected chi connectivity index (χ2v) is 7.23. The quantitative estimate of drug-likeness (QED) is 0.757. The van der Waals surface area contributed by atoms with Gasteiger partial charge in [-0.15, -0.1) is 0 Å². The maximum Gasteiger partial charge on any atom is 0.178 e. The third-order valence-electron chi connectivity index (χ3n) is 4.01. The first-order valence-electron chi connectivity index (χ1n) is 7.17. The van der Waals surface area contributed by atoms with Crippen LogP contribution in [0.3, 0.4) is 0 Å². The van der Waals surface area contributed by atoms with Crippen LogP contribution < -0.4 is 4.74 Å². The lowest BCUT2D eigenvalue weighted by molar-refractivity contribution is 0.0992. The van der Waals surface area contributed by atoms with Crippen molar-refractivity contribution >= 4 is 16.6 Å². The van der Waals surface area contributed by atoms with Crippen LogP contribution in [0.25, 0.3) is 0 Å². The van der Waals surface area contributed by atoms with Gasteiger partial charge in [0.2, 0.25) is 0 Å². The molecular weight excluding hydrogens is 272 g/mol. The number of methoxy groups -OCH3 is 1. The van der Waals surface area contributed by atoms with Crippen LogP contribution in [0.15, 0.2) is 24.3 Å². The molecule has 0 saturated heterocycles. The molecule has 0 bridgehead atoms. The molecule has 0 heterocycles. The van der Waals surface area contributed by atoms with Gasteiger partial charge in [-0.3, -0.25) is 9.00 Å². The molecule has 0 radical (unpaired) electrons. The lowest BCUT2D eigenvalue weighted by atomic mass is 10.1. The van der Waals surface area contributed by atoms with Crippen LogP contribution >= 0.6 is 0 Å². The van der Waals surface area contributed by atoms with Gasteiger partial charge in [-0.2, -0.15) is 0 Å². The minimum atomic E-state index is -1.07. The Balaban J connectivity index is 1.97. The van der Waals surface area contributed by atoms with E-state index < -0.39 is 16.0 Å². The number of ether oxygens (including phenoxy) is 1. The Morgan fingerprint density at radius 2 is 1.90 bits per heavy atom. The summed E-state index contributed by atoms with van der Waals surface area (Å²) in [6.07, 6.45) is 4.80. The second-order valence-electron chi connectivity index (χ2n) is 5.43. The molecule has 2 unspecified atom stereocenters. The lowest BCUT2D eigenvalue weighted by Crippen LogP contribution is -2.26. The van der Waals surface area contributed by atoms with Crippen molar-refractivity contribution in [3.05, 3.63) is 29.8 Å². The molecule has 1 aromatic carbocycles. The van der Waals surface area contributed by atoms with E-state index in [2.05, 4.69) is 0 Å². The first-order valence-corrected chi connectivity index (χ1v) is 8.55. The lowest BCUT2D eigenvalue weighted by Gasteiger charge is -2.14. The molecule has 0 aromatic heterocycles. The van der Waals surface area contributed by atoms with Crippen LogP contribution in [0.1, 0.15) is 43.0 Å². The molecule has 1 fully saturated rings. The van der Waals surface area contributed by atoms with Gasteiger partial charge in [-0.05, 0) is 49.9 Å². The van der Waals surface area contributed by atoms with Crippen LogP contribution in [0.5, 0.6) is 5.75 Å². The SMILES string of the molecule is COc1ccc(C(=O)C(C)S(=O)CC2CCCC2)cc1. The van der Waals surface area contributed by atoms with E-state index in [1.54, 1.807) is 38.3 Å². The molecule has 3 nitrogen and oxygen atoms in total. The topological polar surface area (TPSA) is 43.4 Å². The van der Waals surface area contributed by atoms with Gasteiger partial charge in [-0.1, -0.05) is 12.8 Å². The Kier molecular flexibility index (Phi) is 5.35. The molecule has 0 amide bonds. The highest BCUT2D eigenvalue weighted by molar-refractivity contribution is 7.86. The summed E-state index contributed by atoms with van der Waals surface area (Å²) in [5.41, 5.74) is 0.609. The molecule has 110 valence electrons. The molecule has 2 atom stereocenters. The third-order valence-corrected chi connectivity index (χ3v) is 5.82. The van der Waals surface area contributed by atoms with E-state index in [1.165, 1.54) is 12.8 Å². The van der Waals surface area contributed by atoms with E-state index in [0.717, 1.165) is 18.6 Å². The van der Waals surface area contributed by atoms with Crippen LogP contribution in [-0.4, -0.2) is 28.1 Å². The largest absolute Gasteiger partial charge is 0.497 e. The zero-order chi connectivity index (χ0) is 14.5. The number of carbonyl (C=O) groups is 1. The monoisotopic (exact) mass is 294 g/mol. The Morgan fingerprint density at radius 1 is 1.30 bits per heavy atom. The molecular formula is C16H22O3S. The molecule has 0 aliphatic heterocycles. The zero-order valence-corrected chi connectivity index (χ0v) is 12.9. The molecule has 4 heteroatoms. The smallest absolute Gasteiger partial charge is 0.178 e. The molecule has 1 aliphatic carbocycles. The van der Waals surface area contributed by atoms with Gasteiger partial charge in [0.25, 0.3) is 0 Å². The van der Waals surface area contributed by atoms with Gasteiger partial charge in [0.15, 0.2) is 5.78 Å². The van der Waals surface area contributed by atoms with Crippen molar-refractivity contribution in [2.45, 2.75) is 37.9 Å². The summed E-state index contributed by atoms with van der Waals surface area (Å²) in [6.45, 7) is 1.78. The van der Waals surface area contributed by atoms with Gasteiger partial charge >= 0.3 is 0 Å². The minimum absolute atomic E-state index is 0.0380. The number of Topliss-reactive ketones (excluding diaryl/α,β-unsaturated/α-hetero) is 1. The summed E-state index contributed by atoms with van der Waals surface area (Å²) >= 11 is 0. The van der Waals surface area contributed by atoms with Crippen LogP contribution in [-0.2, 0) is 10.8 Å². The van der Waals surface area contributed by atoms with Crippen molar-refractivity contribution in [1.29, 1.82) is 0 Å². The molecule has 1 aromatic rings. The van der Waals surface area contributed by atoms with Gasteiger partial charge in [0.1, 0.15) is 5.75 Å². The average Bonchev–Trinajstić information content (AvgIpc) is 2.98. The Hall–Kier alpha value is -1.16. The maximum atomic E-state index is 12.3.